The smallest absolute Gasteiger partial charge is 0.321 e. The highest BCUT2D eigenvalue weighted by Gasteiger charge is 2.43. The molecule has 3 atom stereocenters. The van der Waals surface area contributed by atoms with Crippen molar-refractivity contribution in [2.45, 2.75) is 76.3 Å². The van der Waals surface area contributed by atoms with Crippen LogP contribution in [0.15, 0.2) is 60.7 Å². The summed E-state index contributed by atoms with van der Waals surface area (Å²) in [5.74, 6) is 0.903. The first-order valence-electron chi connectivity index (χ1n) is 16.4. The van der Waals surface area contributed by atoms with Gasteiger partial charge in [-0.15, -0.1) is 0 Å². The van der Waals surface area contributed by atoms with Gasteiger partial charge in [-0.3, -0.25) is 14.4 Å². The average molecular weight is 580 g/mol. The molecule has 0 amide bonds. The van der Waals surface area contributed by atoms with Crippen LogP contribution in [0.4, 0.5) is 0 Å². The molecule has 7 heteroatoms. The molecule has 226 valence electrons. The Balaban J connectivity index is 1.14. The Morgan fingerprint density at radius 1 is 1.00 bits per heavy atom. The number of nitrogens with zero attached hydrogens (tertiary/aromatic N) is 5. The van der Waals surface area contributed by atoms with Crippen LogP contribution < -0.4 is 0 Å². The number of aromatic nitrogens is 2. The Hall–Kier alpha value is -3.47. The summed E-state index contributed by atoms with van der Waals surface area (Å²) in [6.45, 7) is 7.82. The summed E-state index contributed by atoms with van der Waals surface area (Å²) in [5, 5.41) is 24.4. The minimum absolute atomic E-state index is 0.273. The van der Waals surface area contributed by atoms with Crippen LogP contribution in [0.5, 0.6) is 0 Å². The number of carbonyl (C=O) groups is 1. The van der Waals surface area contributed by atoms with Crippen LogP contribution >= 0.6 is 0 Å². The molecule has 3 heterocycles. The SMILES string of the molecule is CCn1nc(-c2ccc(C#N)cc2)cc1C1CCN(C[C@H]2CN([C@@H](C(=O)O)C3CCCCC3)C[C@@H]2c2ccccc2)CC1. The minimum Gasteiger partial charge on any atom is -0.480 e. The van der Waals surface area contributed by atoms with Gasteiger partial charge in [-0.2, -0.15) is 10.4 Å². The third-order valence-electron chi connectivity index (χ3n) is 10.4. The molecule has 0 unspecified atom stereocenters. The van der Waals surface area contributed by atoms with Gasteiger partial charge in [-0.1, -0.05) is 61.7 Å². The van der Waals surface area contributed by atoms with Gasteiger partial charge in [0.25, 0.3) is 0 Å². The second kappa shape index (κ2) is 13.4. The highest BCUT2D eigenvalue weighted by atomic mass is 16.4. The number of rotatable bonds is 9. The van der Waals surface area contributed by atoms with Gasteiger partial charge in [-0.25, -0.2) is 0 Å². The summed E-state index contributed by atoms with van der Waals surface area (Å²) in [4.78, 5) is 17.6. The fourth-order valence-electron chi connectivity index (χ4n) is 8.11. The number of aliphatic carboxylic acids is 1. The molecule has 2 saturated heterocycles. The number of likely N-dealkylation sites (tertiary alicyclic amines) is 2. The van der Waals surface area contributed by atoms with E-state index in [9.17, 15) is 9.90 Å². The van der Waals surface area contributed by atoms with Gasteiger partial charge < -0.3 is 10.0 Å². The third-order valence-corrected chi connectivity index (χ3v) is 10.4. The first kappa shape index (κ1) is 29.6. The summed E-state index contributed by atoms with van der Waals surface area (Å²) in [7, 11) is 0. The number of benzene rings is 2. The van der Waals surface area contributed by atoms with Gasteiger partial charge in [0.2, 0.25) is 0 Å². The van der Waals surface area contributed by atoms with Crippen molar-refractivity contribution in [3.05, 3.63) is 77.5 Å². The molecule has 1 saturated carbocycles. The summed E-state index contributed by atoms with van der Waals surface area (Å²) < 4.78 is 2.16. The van der Waals surface area contributed by atoms with Crippen LogP contribution in [0, 0.1) is 23.2 Å². The first-order chi connectivity index (χ1) is 21.0. The molecule has 0 radical (unpaired) electrons. The quantitative estimate of drug-likeness (QED) is 0.317. The largest absolute Gasteiger partial charge is 0.480 e. The Bertz CT molecular complexity index is 1400. The molecule has 2 aromatic carbocycles. The second-order valence-corrected chi connectivity index (χ2v) is 12.9. The van der Waals surface area contributed by atoms with Gasteiger partial charge >= 0.3 is 5.97 Å². The number of piperidine rings is 1. The zero-order valence-electron chi connectivity index (χ0n) is 25.4. The minimum atomic E-state index is -0.631. The Kier molecular flexibility index (Phi) is 9.25. The van der Waals surface area contributed by atoms with Crippen molar-refractivity contribution in [1.29, 1.82) is 5.26 Å². The van der Waals surface area contributed by atoms with Crippen LogP contribution in [-0.4, -0.2) is 69.4 Å². The van der Waals surface area contributed by atoms with Gasteiger partial charge in [0.1, 0.15) is 6.04 Å². The number of hydrogen-bond donors (Lipinski definition) is 1. The molecule has 1 aliphatic carbocycles. The lowest BCUT2D eigenvalue weighted by Crippen LogP contribution is -2.46. The van der Waals surface area contributed by atoms with E-state index in [2.05, 4.69) is 63.9 Å². The van der Waals surface area contributed by atoms with E-state index in [0.29, 0.717) is 23.3 Å². The van der Waals surface area contributed by atoms with Crippen LogP contribution in [0.25, 0.3) is 11.3 Å². The second-order valence-electron chi connectivity index (χ2n) is 12.9. The molecule has 3 aromatic rings. The van der Waals surface area contributed by atoms with Crippen molar-refractivity contribution < 1.29 is 9.90 Å². The fraction of sp³-hybridized carbons (Fsp3) is 0.528. The molecule has 3 aliphatic rings. The monoisotopic (exact) mass is 579 g/mol. The molecule has 1 N–H and O–H groups in total. The lowest BCUT2D eigenvalue weighted by atomic mass is 9.83. The molecular formula is C36H45N5O2. The van der Waals surface area contributed by atoms with Gasteiger partial charge in [0.05, 0.1) is 17.3 Å². The Labute approximate surface area is 256 Å². The van der Waals surface area contributed by atoms with Crippen molar-refractivity contribution in [2.75, 3.05) is 32.7 Å². The molecule has 43 heavy (non-hydrogen) atoms. The van der Waals surface area contributed by atoms with E-state index in [4.69, 9.17) is 10.4 Å². The Morgan fingerprint density at radius 3 is 2.37 bits per heavy atom. The molecule has 0 spiro atoms. The lowest BCUT2D eigenvalue weighted by Gasteiger charge is -2.35. The molecule has 0 bridgehead atoms. The molecule has 6 rings (SSSR count). The Morgan fingerprint density at radius 2 is 1.72 bits per heavy atom. The number of nitriles is 1. The van der Waals surface area contributed by atoms with E-state index in [1.165, 1.54) is 17.7 Å². The average Bonchev–Trinajstić information content (AvgIpc) is 3.67. The standard InChI is InChI=1S/C36H45N5O2/c1-2-41-34(21-33(38-41)28-15-13-26(22-37)14-16-28)29-17-19-39(20-18-29)23-31-24-40(25-32(31)27-9-5-3-6-10-27)35(36(42)43)30-11-7-4-8-12-30/h3,5-6,9-10,13-16,21,29-32,35H,2,4,7-8,11-12,17-20,23-25H2,1H3,(H,42,43)/t31-,32+,35+/m0/s1. The van der Waals surface area contributed by atoms with Crippen molar-refractivity contribution in [1.82, 2.24) is 19.6 Å². The number of carboxylic acid groups (broad SMARTS) is 1. The molecule has 3 fully saturated rings. The zero-order chi connectivity index (χ0) is 29.8. The maximum Gasteiger partial charge on any atom is 0.321 e. The van der Waals surface area contributed by atoms with E-state index in [1.54, 1.807) is 0 Å². The third kappa shape index (κ3) is 6.56. The van der Waals surface area contributed by atoms with E-state index in [-0.39, 0.29) is 12.0 Å². The van der Waals surface area contributed by atoms with E-state index < -0.39 is 5.97 Å². The van der Waals surface area contributed by atoms with Gasteiger partial charge in [0, 0.05) is 49.3 Å². The van der Waals surface area contributed by atoms with E-state index >= 15 is 0 Å². The molecule has 2 aliphatic heterocycles. The maximum atomic E-state index is 12.6. The van der Waals surface area contributed by atoms with E-state index in [0.717, 1.165) is 89.1 Å². The summed E-state index contributed by atoms with van der Waals surface area (Å²) >= 11 is 0. The lowest BCUT2D eigenvalue weighted by molar-refractivity contribution is -0.145. The molecule has 7 nitrogen and oxygen atoms in total. The van der Waals surface area contributed by atoms with Gasteiger partial charge in [0.15, 0.2) is 0 Å². The topological polar surface area (TPSA) is 85.4 Å². The predicted molar refractivity (Wildman–Crippen MR) is 169 cm³/mol. The summed E-state index contributed by atoms with van der Waals surface area (Å²) in [6, 6.07) is 22.6. The van der Waals surface area contributed by atoms with Crippen molar-refractivity contribution in [2.24, 2.45) is 11.8 Å². The van der Waals surface area contributed by atoms with Crippen LogP contribution in [0.1, 0.15) is 80.5 Å². The van der Waals surface area contributed by atoms with Crippen LogP contribution in [0.3, 0.4) is 0 Å². The highest BCUT2D eigenvalue weighted by molar-refractivity contribution is 5.74. The van der Waals surface area contributed by atoms with Crippen LogP contribution in [0.2, 0.25) is 0 Å². The number of carboxylic acids is 1. The van der Waals surface area contributed by atoms with Crippen LogP contribution in [-0.2, 0) is 11.3 Å². The number of aryl methyl sites for hydroxylation is 1. The highest BCUT2D eigenvalue weighted by Crippen LogP contribution is 2.39. The molecular weight excluding hydrogens is 534 g/mol. The van der Waals surface area contributed by atoms with Crippen molar-refractivity contribution in [3.8, 4) is 17.3 Å². The van der Waals surface area contributed by atoms with Crippen molar-refractivity contribution in [3.63, 3.8) is 0 Å². The normalized spacial score (nSPS) is 23.3. The number of hydrogen-bond acceptors (Lipinski definition) is 5. The fourth-order valence-corrected chi connectivity index (χ4v) is 8.11. The molecule has 1 aromatic heterocycles. The predicted octanol–water partition coefficient (Wildman–Crippen LogP) is 6.37. The maximum absolute atomic E-state index is 12.6. The van der Waals surface area contributed by atoms with E-state index in [1.807, 2.05) is 24.3 Å². The first-order valence-corrected chi connectivity index (χ1v) is 16.4. The van der Waals surface area contributed by atoms with Crippen molar-refractivity contribution >= 4 is 5.97 Å². The van der Waals surface area contributed by atoms with Gasteiger partial charge in [-0.05, 0) is 81.3 Å². The zero-order valence-corrected chi connectivity index (χ0v) is 25.4. The summed E-state index contributed by atoms with van der Waals surface area (Å²) in [5.41, 5.74) is 5.35. The summed E-state index contributed by atoms with van der Waals surface area (Å²) in [6.07, 6.45) is 7.86.